The summed E-state index contributed by atoms with van der Waals surface area (Å²) in [6.45, 7) is 4.73. The van der Waals surface area contributed by atoms with Crippen molar-refractivity contribution >= 4 is 41.1 Å². The number of carboxylic acid groups (broad SMARTS) is 1. The molecule has 1 aliphatic carbocycles. The highest BCUT2D eigenvalue weighted by Gasteiger charge is 2.40. The highest BCUT2D eigenvalue weighted by atomic mass is 35.5. The standard InChI is InChI=1S/C49H50Cl2N4O7/c1-29-30(2)52-20-19-39(29)33-12-9-31(10-13-33)22-42(48(57)58)53-47(56)43-23-35-24-44-45(25-36(35)26-55(43)49(59)54(3)37-7-5-4-6-8-37)62-46(28-61-44)34-14-16-38(17-15-34)60-27-32-11-18-40(50)41(51)21-32/h9-21,24-25,37,42-43,46H,4-8,22-23,26-28H2,1-3H3,(H,53,56)(H,57,58)/t42?,43-,46+/m0/s1. The van der Waals surface area contributed by atoms with Gasteiger partial charge in [-0.3, -0.25) is 9.78 Å². The molecular weight excluding hydrogens is 827 g/mol. The topological polar surface area (TPSA) is 131 Å². The van der Waals surface area contributed by atoms with E-state index in [-0.39, 0.29) is 38.1 Å². The molecule has 1 fully saturated rings. The summed E-state index contributed by atoms with van der Waals surface area (Å²) in [5.74, 6) is 0.0947. The zero-order chi connectivity index (χ0) is 43.5. The molecule has 8 rings (SSSR count). The second-order valence-corrected chi connectivity index (χ2v) is 17.3. The minimum atomic E-state index is -1.21. The fourth-order valence-corrected chi connectivity index (χ4v) is 8.95. The molecule has 3 heterocycles. The number of rotatable bonds is 11. The van der Waals surface area contributed by atoms with E-state index >= 15 is 0 Å². The third-order valence-electron chi connectivity index (χ3n) is 12.4. The maximum Gasteiger partial charge on any atom is 0.326 e. The van der Waals surface area contributed by atoms with E-state index in [4.69, 9.17) is 37.4 Å². The number of benzene rings is 4. The Bertz CT molecular complexity index is 2460. The molecule has 4 aromatic carbocycles. The lowest BCUT2D eigenvalue weighted by atomic mass is 9.91. The van der Waals surface area contributed by atoms with Crippen molar-refractivity contribution in [2.45, 2.75) is 96.2 Å². The predicted molar refractivity (Wildman–Crippen MR) is 238 cm³/mol. The number of nitrogens with one attached hydrogen (secondary N) is 1. The number of aryl methyl sites for hydroxylation is 1. The fraction of sp³-hybridized carbons (Fsp3) is 0.347. The van der Waals surface area contributed by atoms with Crippen molar-refractivity contribution in [2.24, 2.45) is 0 Å². The van der Waals surface area contributed by atoms with Crippen molar-refractivity contribution in [3.05, 3.63) is 140 Å². The molecule has 0 bridgehead atoms. The van der Waals surface area contributed by atoms with E-state index in [0.717, 1.165) is 82.3 Å². The van der Waals surface area contributed by atoms with Gasteiger partial charge in [0.15, 0.2) is 17.6 Å². The van der Waals surface area contributed by atoms with Crippen LogP contribution in [0.15, 0.2) is 91.1 Å². The molecule has 1 unspecified atom stereocenters. The number of urea groups is 1. The van der Waals surface area contributed by atoms with Crippen LogP contribution < -0.4 is 19.5 Å². The van der Waals surface area contributed by atoms with Crippen LogP contribution in [0, 0.1) is 13.8 Å². The second kappa shape index (κ2) is 18.7. The molecule has 11 nitrogen and oxygen atoms in total. The summed E-state index contributed by atoms with van der Waals surface area (Å²) in [6.07, 6.45) is 6.64. The Morgan fingerprint density at radius 2 is 1.63 bits per heavy atom. The Kier molecular flexibility index (Phi) is 12.9. The summed E-state index contributed by atoms with van der Waals surface area (Å²) >= 11 is 12.2. The zero-order valence-corrected chi connectivity index (χ0v) is 36.5. The van der Waals surface area contributed by atoms with E-state index in [2.05, 4.69) is 10.3 Å². The normalized spacial score (nSPS) is 17.7. The van der Waals surface area contributed by atoms with Crippen molar-refractivity contribution in [3.8, 4) is 28.4 Å². The summed E-state index contributed by atoms with van der Waals surface area (Å²) in [7, 11) is 1.80. The first-order valence-corrected chi connectivity index (χ1v) is 21.9. The molecule has 1 saturated carbocycles. The number of nitrogens with zero attached hydrogens (tertiary/aromatic N) is 3. The molecule has 322 valence electrons. The summed E-state index contributed by atoms with van der Waals surface area (Å²) in [4.78, 5) is 49.1. The molecule has 62 heavy (non-hydrogen) atoms. The Morgan fingerprint density at radius 1 is 0.903 bits per heavy atom. The van der Waals surface area contributed by atoms with Gasteiger partial charge in [-0.1, -0.05) is 84.9 Å². The SMILES string of the molecule is Cc1nccc(-c2ccc(CC(NC(=O)[C@@H]3Cc4cc5c(cc4CN3C(=O)N(C)C3CCCCC3)O[C@@H](c3ccc(OCc4ccc(Cl)c(Cl)c4)cc3)CO5)C(=O)O)cc2)c1C. The molecule has 3 atom stereocenters. The number of carbonyl (C=O) groups excluding carboxylic acids is 2. The summed E-state index contributed by atoms with van der Waals surface area (Å²) in [5.41, 5.74) is 8.31. The number of pyridine rings is 1. The molecule has 0 saturated heterocycles. The fourth-order valence-electron chi connectivity index (χ4n) is 8.63. The summed E-state index contributed by atoms with van der Waals surface area (Å²) < 4.78 is 18.8. The third kappa shape index (κ3) is 9.49. The van der Waals surface area contributed by atoms with Gasteiger partial charge >= 0.3 is 12.0 Å². The molecule has 13 heteroatoms. The number of carbonyl (C=O) groups is 3. The third-order valence-corrected chi connectivity index (χ3v) is 13.2. The molecule has 3 amide bonds. The number of ether oxygens (including phenoxy) is 3. The van der Waals surface area contributed by atoms with E-state index < -0.39 is 30.1 Å². The van der Waals surface area contributed by atoms with Crippen LogP contribution in [0.25, 0.3) is 11.1 Å². The number of aliphatic carboxylic acids is 1. The van der Waals surface area contributed by atoms with Crippen LogP contribution >= 0.6 is 23.2 Å². The van der Waals surface area contributed by atoms with Crippen molar-refractivity contribution in [1.29, 1.82) is 0 Å². The maximum atomic E-state index is 14.4. The van der Waals surface area contributed by atoms with Crippen LogP contribution in [-0.4, -0.2) is 69.6 Å². The van der Waals surface area contributed by atoms with E-state index in [1.807, 2.05) is 86.6 Å². The van der Waals surface area contributed by atoms with Gasteiger partial charge in [-0.25, -0.2) is 9.59 Å². The van der Waals surface area contributed by atoms with Crippen molar-refractivity contribution < 1.29 is 33.7 Å². The minimum absolute atomic E-state index is 0.0599. The molecule has 1 aromatic heterocycles. The minimum Gasteiger partial charge on any atom is -0.489 e. The van der Waals surface area contributed by atoms with Crippen LogP contribution in [0.1, 0.15) is 77.3 Å². The van der Waals surface area contributed by atoms with Crippen LogP contribution in [0.3, 0.4) is 0 Å². The number of fused-ring (bicyclic) bond motifs is 2. The Morgan fingerprint density at radius 3 is 2.35 bits per heavy atom. The maximum absolute atomic E-state index is 14.4. The van der Waals surface area contributed by atoms with Crippen LogP contribution in [-0.2, 0) is 35.6 Å². The van der Waals surface area contributed by atoms with Gasteiger partial charge < -0.3 is 34.4 Å². The van der Waals surface area contributed by atoms with Crippen LogP contribution in [0.5, 0.6) is 17.2 Å². The van der Waals surface area contributed by atoms with E-state index in [9.17, 15) is 19.5 Å². The smallest absolute Gasteiger partial charge is 0.326 e. The predicted octanol–water partition coefficient (Wildman–Crippen LogP) is 9.69. The first-order chi connectivity index (χ1) is 29.9. The number of hydrogen-bond acceptors (Lipinski definition) is 7. The first kappa shape index (κ1) is 42.9. The second-order valence-electron chi connectivity index (χ2n) is 16.5. The highest BCUT2D eigenvalue weighted by molar-refractivity contribution is 6.42. The van der Waals surface area contributed by atoms with Gasteiger partial charge in [0, 0.05) is 44.4 Å². The quantitative estimate of drug-likeness (QED) is 0.134. The highest BCUT2D eigenvalue weighted by Crippen LogP contribution is 2.41. The average molecular weight is 878 g/mol. The Balaban J connectivity index is 0.984. The number of carboxylic acids is 1. The zero-order valence-electron chi connectivity index (χ0n) is 35.0. The summed E-state index contributed by atoms with van der Waals surface area (Å²) in [6, 6.07) is 24.1. The number of amides is 3. The van der Waals surface area contributed by atoms with Crippen molar-refractivity contribution in [1.82, 2.24) is 20.1 Å². The number of hydrogen-bond donors (Lipinski definition) is 2. The van der Waals surface area contributed by atoms with Crippen LogP contribution in [0.2, 0.25) is 10.0 Å². The lowest BCUT2D eigenvalue weighted by molar-refractivity contribution is -0.142. The van der Waals surface area contributed by atoms with Crippen molar-refractivity contribution in [2.75, 3.05) is 13.7 Å². The van der Waals surface area contributed by atoms with Gasteiger partial charge in [0.25, 0.3) is 0 Å². The lowest BCUT2D eigenvalue weighted by Crippen LogP contribution is -2.59. The number of halogens is 2. The van der Waals surface area contributed by atoms with Gasteiger partial charge in [0.2, 0.25) is 5.91 Å². The van der Waals surface area contributed by atoms with Gasteiger partial charge in [0.05, 0.1) is 10.0 Å². The molecule has 3 aliphatic rings. The van der Waals surface area contributed by atoms with Gasteiger partial charge in [-0.05, 0) is 114 Å². The largest absolute Gasteiger partial charge is 0.489 e. The summed E-state index contributed by atoms with van der Waals surface area (Å²) in [5, 5.41) is 14.1. The van der Waals surface area contributed by atoms with E-state index in [0.29, 0.717) is 33.9 Å². The van der Waals surface area contributed by atoms with Gasteiger partial charge in [0.1, 0.15) is 31.0 Å². The monoisotopic (exact) mass is 876 g/mol. The first-order valence-electron chi connectivity index (χ1n) is 21.1. The average Bonchev–Trinajstić information content (AvgIpc) is 3.29. The number of aromatic nitrogens is 1. The van der Waals surface area contributed by atoms with Gasteiger partial charge in [-0.15, -0.1) is 0 Å². The Labute approximate surface area is 371 Å². The Hall–Kier alpha value is -5.78. The van der Waals surface area contributed by atoms with Crippen LogP contribution in [0.4, 0.5) is 4.79 Å². The molecule has 0 radical (unpaired) electrons. The van der Waals surface area contributed by atoms with E-state index in [1.165, 1.54) is 0 Å². The van der Waals surface area contributed by atoms with Gasteiger partial charge in [-0.2, -0.15) is 0 Å². The van der Waals surface area contributed by atoms with E-state index in [1.54, 1.807) is 35.2 Å². The molecule has 2 N–H and O–H groups in total. The molecule has 2 aliphatic heterocycles. The van der Waals surface area contributed by atoms with Crippen molar-refractivity contribution in [3.63, 3.8) is 0 Å². The lowest BCUT2D eigenvalue weighted by Gasteiger charge is -2.41. The molecular formula is C49H50Cl2N4O7. The molecule has 5 aromatic rings. The molecule has 0 spiro atoms.